The predicted molar refractivity (Wildman–Crippen MR) is 114 cm³/mol. The molecule has 3 aromatic carbocycles. The number of fused-ring (bicyclic) bond motifs is 2. The van der Waals surface area contributed by atoms with Gasteiger partial charge in [0, 0.05) is 6.07 Å². The average Bonchev–Trinajstić information content (AvgIpc) is 2.78. The molecule has 0 radical (unpaired) electrons. The highest BCUT2D eigenvalue weighted by molar-refractivity contribution is 5.84. The van der Waals surface area contributed by atoms with E-state index in [0.29, 0.717) is 59.4 Å². The van der Waals surface area contributed by atoms with Crippen LogP contribution in [0.5, 0.6) is 17.2 Å². The minimum atomic E-state index is -0.0833. The standard InChI is InChI=1S/C25H20O5/c1-16-24(18-7-10-21-23(13-18)28-12-11-27-21)25(26)20-9-8-19(14-22(20)30-16)29-15-17-5-3-2-4-6-17/h2-10,13-14H,11-12,15H2,1H3. The third kappa shape index (κ3) is 3.39. The van der Waals surface area contributed by atoms with Gasteiger partial charge >= 0.3 is 0 Å². The lowest BCUT2D eigenvalue weighted by Crippen LogP contribution is -2.15. The summed E-state index contributed by atoms with van der Waals surface area (Å²) in [6, 6.07) is 20.8. The Hall–Kier alpha value is -3.73. The van der Waals surface area contributed by atoms with E-state index in [0.717, 1.165) is 11.1 Å². The first-order chi connectivity index (χ1) is 14.7. The van der Waals surface area contributed by atoms with Crippen LogP contribution in [0.15, 0.2) is 75.9 Å². The van der Waals surface area contributed by atoms with E-state index in [-0.39, 0.29) is 5.43 Å². The molecule has 0 amide bonds. The van der Waals surface area contributed by atoms with Gasteiger partial charge in [0.25, 0.3) is 0 Å². The third-order valence-electron chi connectivity index (χ3n) is 5.12. The highest BCUT2D eigenvalue weighted by Gasteiger charge is 2.18. The van der Waals surface area contributed by atoms with Crippen LogP contribution in [0.25, 0.3) is 22.1 Å². The lowest BCUT2D eigenvalue weighted by molar-refractivity contribution is 0.171. The van der Waals surface area contributed by atoms with Gasteiger partial charge in [-0.1, -0.05) is 36.4 Å². The number of ether oxygens (including phenoxy) is 3. The lowest BCUT2D eigenvalue weighted by Gasteiger charge is -2.19. The van der Waals surface area contributed by atoms with E-state index < -0.39 is 0 Å². The Kier molecular flexibility index (Phi) is 4.64. The first kappa shape index (κ1) is 18.3. The maximum absolute atomic E-state index is 13.2. The number of hydrogen-bond donors (Lipinski definition) is 0. The molecule has 0 N–H and O–H groups in total. The summed E-state index contributed by atoms with van der Waals surface area (Å²) < 4.78 is 23.1. The van der Waals surface area contributed by atoms with Crippen LogP contribution < -0.4 is 19.6 Å². The van der Waals surface area contributed by atoms with E-state index in [9.17, 15) is 4.79 Å². The lowest BCUT2D eigenvalue weighted by atomic mass is 10.0. The van der Waals surface area contributed by atoms with Crippen LogP contribution in [-0.4, -0.2) is 13.2 Å². The molecule has 150 valence electrons. The SMILES string of the molecule is Cc1oc2cc(OCc3ccccc3)ccc2c(=O)c1-c1ccc2c(c1)OCCO2. The number of hydrogen-bond acceptors (Lipinski definition) is 5. The number of aryl methyl sites for hydroxylation is 1. The highest BCUT2D eigenvalue weighted by atomic mass is 16.6. The second-order valence-corrected chi connectivity index (χ2v) is 7.15. The van der Waals surface area contributed by atoms with Gasteiger partial charge in [0.15, 0.2) is 11.5 Å². The molecule has 0 atom stereocenters. The fraction of sp³-hybridized carbons (Fsp3) is 0.160. The first-order valence-corrected chi connectivity index (χ1v) is 9.83. The predicted octanol–water partition coefficient (Wildman–Crippen LogP) is 5.12. The molecule has 5 rings (SSSR count). The summed E-state index contributed by atoms with van der Waals surface area (Å²) in [6.07, 6.45) is 0. The van der Waals surface area contributed by atoms with Crippen molar-refractivity contribution < 1.29 is 18.6 Å². The van der Waals surface area contributed by atoms with Crippen molar-refractivity contribution in [3.8, 4) is 28.4 Å². The summed E-state index contributed by atoms with van der Waals surface area (Å²) in [5.74, 6) is 2.53. The Labute approximate surface area is 173 Å². The molecular weight excluding hydrogens is 380 g/mol. The molecule has 1 aliphatic heterocycles. The quantitative estimate of drug-likeness (QED) is 0.476. The molecule has 0 bridgehead atoms. The van der Waals surface area contributed by atoms with E-state index in [4.69, 9.17) is 18.6 Å². The van der Waals surface area contributed by atoms with Crippen LogP contribution in [0.2, 0.25) is 0 Å². The molecule has 0 unspecified atom stereocenters. The van der Waals surface area contributed by atoms with E-state index in [2.05, 4.69) is 0 Å². The Morgan fingerprint density at radius 2 is 1.70 bits per heavy atom. The Morgan fingerprint density at radius 3 is 2.53 bits per heavy atom. The molecule has 30 heavy (non-hydrogen) atoms. The molecule has 0 saturated carbocycles. The van der Waals surface area contributed by atoms with Gasteiger partial charge in [-0.2, -0.15) is 0 Å². The van der Waals surface area contributed by atoms with Gasteiger partial charge in [0.05, 0.1) is 10.9 Å². The zero-order valence-corrected chi connectivity index (χ0v) is 16.5. The largest absolute Gasteiger partial charge is 0.489 e. The second-order valence-electron chi connectivity index (χ2n) is 7.15. The molecule has 0 spiro atoms. The maximum atomic E-state index is 13.2. The zero-order chi connectivity index (χ0) is 20.5. The van der Waals surface area contributed by atoms with Gasteiger partial charge in [-0.05, 0) is 42.3 Å². The molecule has 2 heterocycles. The molecular formula is C25H20O5. The molecule has 0 saturated heterocycles. The van der Waals surface area contributed by atoms with Crippen molar-refractivity contribution in [3.63, 3.8) is 0 Å². The van der Waals surface area contributed by atoms with Crippen molar-refractivity contribution >= 4 is 11.0 Å². The Balaban J connectivity index is 1.50. The second kappa shape index (κ2) is 7.59. The van der Waals surface area contributed by atoms with Gasteiger partial charge in [-0.25, -0.2) is 0 Å². The van der Waals surface area contributed by atoms with Gasteiger partial charge in [0.1, 0.15) is 36.9 Å². The van der Waals surface area contributed by atoms with E-state index in [1.54, 1.807) is 25.1 Å². The highest BCUT2D eigenvalue weighted by Crippen LogP contribution is 2.35. The van der Waals surface area contributed by atoms with Crippen molar-refractivity contribution in [2.24, 2.45) is 0 Å². The van der Waals surface area contributed by atoms with Crippen LogP contribution in [0.1, 0.15) is 11.3 Å². The summed E-state index contributed by atoms with van der Waals surface area (Å²) >= 11 is 0. The summed E-state index contributed by atoms with van der Waals surface area (Å²) in [5.41, 5.74) is 2.77. The monoisotopic (exact) mass is 400 g/mol. The number of benzene rings is 3. The summed E-state index contributed by atoms with van der Waals surface area (Å²) in [4.78, 5) is 13.2. The molecule has 4 aromatic rings. The maximum Gasteiger partial charge on any atom is 0.200 e. The van der Waals surface area contributed by atoms with E-state index in [1.807, 2.05) is 48.5 Å². The van der Waals surface area contributed by atoms with Crippen LogP contribution in [0, 0.1) is 6.92 Å². The Bertz CT molecular complexity index is 1270. The molecule has 0 aliphatic carbocycles. The van der Waals surface area contributed by atoms with Gasteiger partial charge in [0.2, 0.25) is 5.43 Å². The Morgan fingerprint density at radius 1 is 0.900 bits per heavy atom. The average molecular weight is 400 g/mol. The van der Waals surface area contributed by atoms with Crippen LogP contribution >= 0.6 is 0 Å². The fourth-order valence-corrected chi connectivity index (χ4v) is 3.65. The molecule has 1 aromatic heterocycles. The van der Waals surface area contributed by atoms with Crippen molar-refractivity contribution in [2.75, 3.05) is 13.2 Å². The molecule has 5 nitrogen and oxygen atoms in total. The summed E-state index contributed by atoms with van der Waals surface area (Å²) in [5, 5.41) is 0.512. The molecule has 1 aliphatic rings. The van der Waals surface area contributed by atoms with Gasteiger partial charge < -0.3 is 18.6 Å². The van der Waals surface area contributed by atoms with E-state index in [1.165, 1.54) is 0 Å². The first-order valence-electron chi connectivity index (χ1n) is 9.83. The van der Waals surface area contributed by atoms with Crippen molar-refractivity contribution in [3.05, 3.63) is 88.3 Å². The van der Waals surface area contributed by atoms with Crippen LogP contribution in [0.3, 0.4) is 0 Å². The fourth-order valence-electron chi connectivity index (χ4n) is 3.65. The molecule has 0 fully saturated rings. The minimum absolute atomic E-state index is 0.0833. The zero-order valence-electron chi connectivity index (χ0n) is 16.5. The summed E-state index contributed by atoms with van der Waals surface area (Å²) in [6.45, 7) is 3.26. The van der Waals surface area contributed by atoms with Crippen LogP contribution in [0.4, 0.5) is 0 Å². The smallest absolute Gasteiger partial charge is 0.200 e. The minimum Gasteiger partial charge on any atom is -0.489 e. The van der Waals surface area contributed by atoms with Gasteiger partial charge in [-0.3, -0.25) is 4.79 Å². The van der Waals surface area contributed by atoms with Crippen molar-refractivity contribution in [1.29, 1.82) is 0 Å². The van der Waals surface area contributed by atoms with E-state index >= 15 is 0 Å². The van der Waals surface area contributed by atoms with Gasteiger partial charge in [-0.15, -0.1) is 0 Å². The van der Waals surface area contributed by atoms with Crippen LogP contribution in [-0.2, 0) is 6.61 Å². The number of rotatable bonds is 4. The van der Waals surface area contributed by atoms with Crippen molar-refractivity contribution in [2.45, 2.75) is 13.5 Å². The third-order valence-corrected chi connectivity index (χ3v) is 5.12. The molecule has 5 heteroatoms. The normalized spacial score (nSPS) is 12.7. The summed E-state index contributed by atoms with van der Waals surface area (Å²) in [7, 11) is 0. The topological polar surface area (TPSA) is 57.9 Å². The van der Waals surface area contributed by atoms with Crippen molar-refractivity contribution in [1.82, 2.24) is 0 Å².